The first-order valence-electron chi connectivity index (χ1n) is 7.75. The maximum atomic E-state index is 12.5. The summed E-state index contributed by atoms with van der Waals surface area (Å²) in [4.78, 5) is 23.9. The van der Waals surface area contributed by atoms with Crippen molar-refractivity contribution in [1.82, 2.24) is 10.2 Å². The fourth-order valence-electron chi connectivity index (χ4n) is 2.02. The summed E-state index contributed by atoms with van der Waals surface area (Å²) in [5.41, 5.74) is 0.306. The van der Waals surface area contributed by atoms with Gasteiger partial charge in [0.15, 0.2) is 15.8 Å². The van der Waals surface area contributed by atoms with Crippen molar-refractivity contribution in [3.63, 3.8) is 0 Å². The van der Waals surface area contributed by atoms with Gasteiger partial charge in [0.1, 0.15) is 0 Å². The largest absolute Gasteiger partial charge is 0.493 e. The molecule has 2 aromatic rings. The molecule has 1 N–H and O–H groups in total. The molecule has 1 aromatic heterocycles. The first-order valence-corrected chi connectivity index (χ1v) is 9.55. The molecule has 146 valence electrons. The van der Waals surface area contributed by atoms with E-state index in [0.717, 1.165) is 11.3 Å². The first kappa shape index (κ1) is 20.8. The number of nitrogens with zero attached hydrogens (tertiary/aromatic N) is 2. The van der Waals surface area contributed by atoms with E-state index in [-0.39, 0.29) is 11.7 Å². The molecule has 0 radical (unpaired) electrons. The van der Waals surface area contributed by atoms with Crippen LogP contribution in [0.5, 0.6) is 17.2 Å². The van der Waals surface area contributed by atoms with Crippen molar-refractivity contribution in [3.05, 3.63) is 17.7 Å². The van der Waals surface area contributed by atoms with Crippen LogP contribution in [0.1, 0.15) is 17.3 Å². The summed E-state index contributed by atoms with van der Waals surface area (Å²) in [5.74, 6) is 0.511. The molecule has 9 nitrogen and oxygen atoms in total. The molecule has 11 heteroatoms. The van der Waals surface area contributed by atoms with E-state index in [1.165, 1.54) is 45.2 Å². The van der Waals surface area contributed by atoms with E-state index in [0.29, 0.717) is 38.9 Å². The molecule has 1 heterocycles. The number of carbonyl (C=O) groups excluding carboxylic acids is 2. The van der Waals surface area contributed by atoms with Crippen molar-refractivity contribution >= 4 is 40.1 Å². The van der Waals surface area contributed by atoms with Crippen LogP contribution in [0.3, 0.4) is 0 Å². The highest BCUT2D eigenvalue weighted by Gasteiger charge is 2.18. The van der Waals surface area contributed by atoms with Crippen molar-refractivity contribution in [2.75, 3.05) is 39.0 Å². The predicted octanol–water partition coefficient (Wildman–Crippen LogP) is 2.47. The lowest BCUT2D eigenvalue weighted by Crippen LogP contribution is -2.12. The van der Waals surface area contributed by atoms with Gasteiger partial charge in [-0.3, -0.25) is 14.9 Å². The summed E-state index contributed by atoms with van der Waals surface area (Å²) >= 11 is 2.35. The second-order valence-corrected chi connectivity index (χ2v) is 7.03. The molecular formula is C16H19N3O6S2. The van der Waals surface area contributed by atoms with Gasteiger partial charge in [-0.2, -0.15) is 0 Å². The number of thioether (sulfide) groups is 1. The second-order valence-electron chi connectivity index (χ2n) is 4.83. The molecule has 0 atom stereocenters. The highest BCUT2D eigenvalue weighted by atomic mass is 32.2. The van der Waals surface area contributed by atoms with Crippen molar-refractivity contribution in [2.45, 2.75) is 11.3 Å². The molecule has 0 saturated heterocycles. The minimum atomic E-state index is -0.410. The van der Waals surface area contributed by atoms with Crippen LogP contribution in [0.4, 0.5) is 5.13 Å². The lowest BCUT2D eigenvalue weighted by molar-refractivity contribution is -0.139. The number of anilines is 1. The van der Waals surface area contributed by atoms with Gasteiger partial charge >= 0.3 is 5.97 Å². The number of rotatable bonds is 9. The van der Waals surface area contributed by atoms with Crippen LogP contribution in [-0.4, -0.2) is 55.8 Å². The maximum absolute atomic E-state index is 12.5. The molecule has 1 aromatic carbocycles. The highest BCUT2D eigenvalue weighted by Crippen LogP contribution is 2.38. The van der Waals surface area contributed by atoms with Gasteiger partial charge < -0.3 is 18.9 Å². The molecule has 0 spiro atoms. The number of nitrogens with one attached hydrogen (secondary N) is 1. The fourth-order valence-corrected chi connectivity index (χ4v) is 3.57. The number of amides is 1. The number of carbonyl (C=O) groups is 2. The average molecular weight is 413 g/mol. The van der Waals surface area contributed by atoms with E-state index in [1.54, 1.807) is 6.92 Å². The number of benzene rings is 1. The number of ether oxygens (including phenoxy) is 4. The summed E-state index contributed by atoms with van der Waals surface area (Å²) in [7, 11) is 4.42. The third-order valence-electron chi connectivity index (χ3n) is 3.17. The Morgan fingerprint density at radius 1 is 1.11 bits per heavy atom. The Labute approximate surface area is 164 Å². The zero-order valence-corrected chi connectivity index (χ0v) is 16.9. The Morgan fingerprint density at radius 3 is 2.33 bits per heavy atom. The van der Waals surface area contributed by atoms with Crippen molar-refractivity contribution in [2.24, 2.45) is 0 Å². The Balaban J connectivity index is 2.08. The molecule has 0 saturated carbocycles. The van der Waals surface area contributed by atoms with Gasteiger partial charge in [0.05, 0.1) is 33.7 Å². The molecule has 0 fully saturated rings. The van der Waals surface area contributed by atoms with Gasteiger partial charge in [-0.1, -0.05) is 23.1 Å². The van der Waals surface area contributed by atoms with Crippen LogP contribution in [0.2, 0.25) is 0 Å². The third-order valence-corrected chi connectivity index (χ3v) is 5.12. The van der Waals surface area contributed by atoms with E-state index in [9.17, 15) is 9.59 Å². The van der Waals surface area contributed by atoms with E-state index < -0.39 is 5.91 Å². The number of hydrogen-bond acceptors (Lipinski definition) is 10. The van der Waals surface area contributed by atoms with Crippen molar-refractivity contribution in [1.29, 1.82) is 0 Å². The minimum Gasteiger partial charge on any atom is -0.493 e. The maximum Gasteiger partial charge on any atom is 0.316 e. The SMILES string of the molecule is CCOC(=O)CSc1nnc(NC(=O)c2cc(OC)c(OC)c(OC)c2)s1. The number of hydrogen-bond donors (Lipinski definition) is 1. The fraction of sp³-hybridized carbons (Fsp3) is 0.375. The summed E-state index contributed by atoms with van der Waals surface area (Å²) in [6.07, 6.45) is 0. The normalized spacial score (nSPS) is 10.2. The van der Waals surface area contributed by atoms with Crippen LogP contribution in [0, 0.1) is 0 Å². The number of aromatic nitrogens is 2. The van der Waals surface area contributed by atoms with Gasteiger partial charge in [0.2, 0.25) is 10.9 Å². The Kier molecular flexibility index (Phi) is 7.67. The lowest BCUT2D eigenvalue weighted by Gasteiger charge is -2.13. The molecule has 0 aliphatic carbocycles. The smallest absolute Gasteiger partial charge is 0.316 e. The van der Waals surface area contributed by atoms with Gasteiger partial charge in [0.25, 0.3) is 5.91 Å². The van der Waals surface area contributed by atoms with Crippen LogP contribution in [-0.2, 0) is 9.53 Å². The molecule has 2 rings (SSSR count). The summed E-state index contributed by atoms with van der Waals surface area (Å²) in [6.45, 7) is 2.07. The van der Waals surface area contributed by atoms with E-state index in [1.807, 2.05) is 0 Å². The Morgan fingerprint density at radius 2 is 1.78 bits per heavy atom. The minimum absolute atomic E-state index is 0.128. The summed E-state index contributed by atoms with van der Waals surface area (Å²) < 4.78 is 21.1. The average Bonchev–Trinajstić information content (AvgIpc) is 3.12. The standard InChI is InChI=1S/C16H19N3O6S2/c1-5-25-12(20)8-26-16-19-18-15(27-16)17-14(21)9-6-10(22-2)13(24-4)11(7-9)23-3/h6-7H,5,8H2,1-4H3,(H,17,18,21). The van der Waals surface area contributed by atoms with Crippen molar-refractivity contribution in [3.8, 4) is 17.2 Å². The quantitative estimate of drug-likeness (QED) is 0.377. The molecule has 27 heavy (non-hydrogen) atoms. The molecular weight excluding hydrogens is 394 g/mol. The Hall–Kier alpha value is -2.53. The lowest BCUT2D eigenvalue weighted by atomic mass is 10.1. The molecule has 0 bridgehead atoms. The number of esters is 1. The van der Waals surface area contributed by atoms with Crippen LogP contribution in [0.15, 0.2) is 16.5 Å². The molecule has 0 aliphatic rings. The van der Waals surface area contributed by atoms with Gasteiger partial charge in [-0.15, -0.1) is 10.2 Å². The number of methoxy groups -OCH3 is 3. The van der Waals surface area contributed by atoms with E-state index >= 15 is 0 Å². The van der Waals surface area contributed by atoms with Crippen molar-refractivity contribution < 1.29 is 28.5 Å². The van der Waals surface area contributed by atoms with Crippen LogP contribution in [0.25, 0.3) is 0 Å². The van der Waals surface area contributed by atoms with Gasteiger partial charge in [-0.05, 0) is 19.1 Å². The third kappa shape index (κ3) is 5.47. The predicted molar refractivity (Wildman–Crippen MR) is 101 cm³/mol. The molecule has 0 unspecified atom stereocenters. The molecule has 0 aliphatic heterocycles. The van der Waals surface area contributed by atoms with E-state index in [2.05, 4.69) is 15.5 Å². The topological polar surface area (TPSA) is 109 Å². The van der Waals surface area contributed by atoms with Crippen LogP contribution < -0.4 is 19.5 Å². The first-order chi connectivity index (χ1) is 13.0. The van der Waals surface area contributed by atoms with Crippen LogP contribution >= 0.6 is 23.1 Å². The zero-order chi connectivity index (χ0) is 19.8. The van der Waals surface area contributed by atoms with E-state index in [4.69, 9.17) is 18.9 Å². The Bertz CT molecular complexity index is 786. The highest BCUT2D eigenvalue weighted by molar-refractivity contribution is 8.01. The summed E-state index contributed by atoms with van der Waals surface area (Å²) in [6, 6.07) is 3.07. The van der Waals surface area contributed by atoms with Gasteiger partial charge in [0, 0.05) is 5.56 Å². The summed E-state index contributed by atoms with van der Waals surface area (Å²) in [5, 5.41) is 10.8. The monoisotopic (exact) mass is 413 g/mol. The second kappa shape index (κ2) is 9.97. The molecule has 1 amide bonds. The zero-order valence-electron chi connectivity index (χ0n) is 15.2. The van der Waals surface area contributed by atoms with Gasteiger partial charge in [-0.25, -0.2) is 0 Å².